The van der Waals surface area contributed by atoms with E-state index >= 15 is 0 Å². The van der Waals surface area contributed by atoms with Crippen molar-refractivity contribution in [1.29, 1.82) is 0 Å². The number of hydrogen-bond donors (Lipinski definition) is 1. The van der Waals surface area contributed by atoms with Crippen LogP contribution in [0.3, 0.4) is 0 Å². The molecule has 5 heteroatoms. The molecular weight excluding hydrogens is 422 g/mol. The molecule has 1 aliphatic heterocycles. The van der Waals surface area contributed by atoms with E-state index in [0.29, 0.717) is 6.54 Å². The highest BCUT2D eigenvalue weighted by molar-refractivity contribution is 7.80. The van der Waals surface area contributed by atoms with Gasteiger partial charge in [-0.3, -0.25) is 4.40 Å². The average Bonchev–Trinajstić information content (AvgIpc) is 3.21. The lowest BCUT2D eigenvalue weighted by atomic mass is 9.98. The summed E-state index contributed by atoms with van der Waals surface area (Å²) < 4.78 is 4.75. The molecule has 0 atom stereocenters. The highest BCUT2D eigenvalue weighted by atomic mass is 35.5. The number of halogens is 1. The molecule has 0 aliphatic carbocycles. The third-order valence-corrected chi connectivity index (χ3v) is 6.55. The number of thiocarbonyl (C=S) groups is 1. The zero-order valence-corrected chi connectivity index (χ0v) is 18.8. The summed E-state index contributed by atoms with van der Waals surface area (Å²) in [5.41, 5.74) is 8.50. The molecule has 156 valence electrons. The largest absolute Gasteiger partial charge is 0.371 e. The number of hydrogen-bond acceptors (Lipinski definition) is 1. The Kier molecular flexibility index (Phi) is 5.43. The Hall–Kier alpha value is -2.82. The van der Waals surface area contributed by atoms with Gasteiger partial charge in [0.1, 0.15) is 10.6 Å². The number of nitrogens with one attached hydrogen (secondary N) is 1. The Bertz CT molecular complexity index is 1270. The van der Waals surface area contributed by atoms with Crippen LogP contribution in [0.2, 0.25) is 5.02 Å². The van der Waals surface area contributed by atoms with Gasteiger partial charge in [-0.1, -0.05) is 72.4 Å². The summed E-state index contributed by atoms with van der Waals surface area (Å²) in [6.45, 7) is 5.47. The summed E-state index contributed by atoms with van der Waals surface area (Å²) in [5.74, 6) is 0. The first-order chi connectivity index (χ1) is 15.2. The first-order valence-corrected chi connectivity index (χ1v) is 11.4. The third-order valence-electron chi connectivity index (χ3n) is 5.96. The molecule has 0 radical (unpaired) electrons. The maximum atomic E-state index is 6.15. The van der Waals surface area contributed by atoms with Crippen molar-refractivity contribution in [2.24, 2.45) is 0 Å². The number of aryl methyl sites for hydroxylation is 2. The van der Waals surface area contributed by atoms with Crippen molar-refractivity contribution in [3.05, 3.63) is 89.7 Å². The smallest absolute Gasteiger partial charge is 0.124 e. The zero-order chi connectivity index (χ0) is 21.4. The van der Waals surface area contributed by atoms with Crippen LogP contribution in [0.25, 0.3) is 28.0 Å². The molecule has 0 saturated carbocycles. The van der Waals surface area contributed by atoms with Gasteiger partial charge in [0.05, 0.1) is 11.4 Å². The van der Waals surface area contributed by atoms with Gasteiger partial charge >= 0.3 is 0 Å². The van der Waals surface area contributed by atoms with Crippen molar-refractivity contribution in [3.8, 4) is 22.4 Å². The number of nitrogens with zero attached hydrogens (tertiary/aromatic N) is 2. The van der Waals surface area contributed by atoms with Crippen LogP contribution in [0.5, 0.6) is 0 Å². The van der Waals surface area contributed by atoms with Crippen LogP contribution < -0.4 is 5.32 Å². The van der Waals surface area contributed by atoms with Gasteiger partial charge in [0.15, 0.2) is 0 Å². The third kappa shape index (κ3) is 3.50. The first kappa shape index (κ1) is 20.1. The van der Waals surface area contributed by atoms with Crippen LogP contribution in [-0.2, 0) is 13.0 Å². The SMILES string of the molecule is C=CCNC(=S)c1c(-c2ccccc2)c2c3n(c(-c4ccc(Cl)cc4)cn13)CCCC2. The van der Waals surface area contributed by atoms with Crippen LogP contribution in [0, 0.1) is 0 Å². The van der Waals surface area contributed by atoms with Crippen molar-refractivity contribution in [3.63, 3.8) is 0 Å². The molecule has 5 rings (SSSR count). The first-order valence-electron chi connectivity index (χ1n) is 10.7. The molecular formula is C26H24ClN3S. The van der Waals surface area contributed by atoms with Gasteiger partial charge in [-0.15, -0.1) is 6.58 Å². The van der Waals surface area contributed by atoms with Crippen molar-refractivity contribution in [2.45, 2.75) is 25.8 Å². The quantitative estimate of drug-likeness (QED) is 0.279. The van der Waals surface area contributed by atoms with E-state index in [0.717, 1.165) is 47.1 Å². The van der Waals surface area contributed by atoms with Crippen LogP contribution >= 0.6 is 23.8 Å². The lowest BCUT2D eigenvalue weighted by molar-refractivity contribution is 0.647. The monoisotopic (exact) mass is 445 g/mol. The van der Waals surface area contributed by atoms with E-state index in [1.54, 1.807) is 0 Å². The fraction of sp³-hybridized carbons (Fsp3) is 0.192. The molecule has 4 aromatic rings. The van der Waals surface area contributed by atoms with Gasteiger partial charge in [-0.25, -0.2) is 0 Å². The van der Waals surface area contributed by atoms with E-state index in [2.05, 4.69) is 69.5 Å². The standard InChI is InChI=1S/C26H24ClN3S/c1-2-15-28-25(31)24-23(19-8-4-3-5-9-19)21-10-6-7-16-29-22(17-30(24)26(21)29)18-11-13-20(27)14-12-18/h2-5,8-9,11-14,17H,1,6-7,10,15-16H2,(H,28,31). The van der Waals surface area contributed by atoms with Crippen LogP contribution in [0.1, 0.15) is 24.1 Å². The van der Waals surface area contributed by atoms with Crippen LogP contribution in [0.4, 0.5) is 0 Å². The van der Waals surface area contributed by atoms with E-state index in [4.69, 9.17) is 23.8 Å². The number of aromatic nitrogens is 2. The maximum Gasteiger partial charge on any atom is 0.124 e. The van der Waals surface area contributed by atoms with Crippen LogP contribution in [0.15, 0.2) is 73.4 Å². The molecule has 1 N–H and O–H groups in total. The Labute approximate surface area is 193 Å². The van der Waals surface area contributed by atoms with E-state index in [1.807, 2.05) is 18.2 Å². The summed E-state index contributed by atoms with van der Waals surface area (Å²) in [6, 6.07) is 18.7. The second kappa shape index (κ2) is 8.37. The summed E-state index contributed by atoms with van der Waals surface area (Å²) in [6.07, 6.45) is 7.43. The van der Waals surface area contributed by atoms with Crippen molar-refractivity contribution in [1.82, 2.24) is 14.3 Å². The fourth-order valence-corrected chi connectivity index (χ4v) is 5.03. The van der Waals surface area contributed by atoms with E-state index in [1.165, 1.54) is 28.0 Å². The van der Waals surface area contributed by atoms with Crippen LogP contribution in [-0.4, -0.2) is 20.5 Å². The molecule has 2 aromatic carbocycles. The van der Waals surface area contributed by atoms with Gasteiger partial charge in [-0.05, 0) is 42.5 Å². The molecule has 3 heterocycles. The van der Waals surface area contributed by atoms with Crippen molar-refractivity contribution >= 4 is 34.5 Å². The van der Waals surface area contributed by atoms with Crippen molar-refractivity contribution in [2.75, 3.05) is 6.54 Å². The minimum absolute atomic E-state index is 0.639. The number of imidazole rings is 1. The lowest BCUT2D eigenvalue weighted by Crippen LogP contribution is -2.24. The predicted octanol–water partition coefficient (Wildman–Crippen LogP) is 6.52. The molecule has 0 spiro atoms. The molecule has 0 fully saturated rings. The summed E-state index contributed by atoms with van der Waals surface area (Å²) >= 11 is 12.0. The lowest BCUT2D eigenvalue weighted by Gasteiger charge is -2.11. The number of benzene rings is 2. The van der Waals surface area contributed by atoms with E-state index in [9.17, 15) is 0 Å². The molecule has 31 heavy (non-hydrogen) atoms. The summed E-state index contributed by atoms with van der Waals surface area (Å²) in [7, 11) is 0. The predicted molar refractivity (Wildman–Crippen MR) is 134 cm³/mol. The molecule has 2 aromatic heterocycles. The molecule has 3 nitrogen and oxygen atoms in total. The van der Waals surface area contributed by atoms with Crippen molar-refractivity contribution < 1.29 is 0 Å². The Morgan fingerprint density at radius 3 is 2.58 bits per heavy atom. The zero-order valence-electron chi connectivity index (χ0n) is 17.3. The Balaban J connectivity index is 1.81. The Morgan fingerprint density at radius 1 is 1.06 bits per heavy atom. The summed E-state index contributed by atoms with van der Waals surface area (Å²) in [4.78, 5) is 0.750. The molecule has 0 amide bonds. The molecule has 0 unspecified atom stereocenters. The minimum Gasteiger partial charge on any atom is -0.371 e. The highest BCUT2D eigenvalue weighted by Crippen LogP contribution is 2.39. The average molecular weight is 446 g/mol. The molecule has 0 saturated heterocycles. The second-order valence-electron chi connectivity index (χ2n) is 7.89. The summed E-state index contributed by atoms with van der Waals surface area (Å²) in [5, 5.41) is 4.12. The minimum atomic E-state index is 0.639. The fourth-order valence-electron chi connectivity index (χ4n) is 4.62. The van der Waals surface area contributed by atoms with Gasteiger partial charge in [0.2, 0.25) is 0 Å². The topological polar surface area (TPSA) is 21.4 Å². The molecule has 0 bridgehead atoms. The Morgan fingerprint density at radius 2 is 1.84 bits per heavy atom. The number of rotatable bonds is 5. The van der Waals surface area contributed by atoms with E-state index < -0.39 is 0 Å². The van der Waals surface area contributed by atoms with Gasteiger partial charge in [-0.2, -0.15) is 0 Å². The molecule has 1 aliphatic rings. The van der Waals surface area contributed by atoms with E-state index in [-0.39, 0.29) is 0 Å². The van der Waals surface area contributed by atoms with Gasteiger partial charge in [0.25, 0.3) is 0 Å². The normalized spacial score (nSPS) is 13.2. The maximum absolute atomic E-state index is 6.15. The highest BCUT2D eigenvalue weighted by Gasteiger charge is 2.27. The van der Waals surface area contributed by atoms with Gasteiger partial charge in [0, 0.05) is 35.4 Å². The second-order valence-corrected chi connectivity index (χ2v) is 8.74. The van der Waals surface area contributed by atoms with Gasteiger partial charge < -0.3 is 9.88 Å².